The maximum atomic E-state index is 14.5. The van der Waals surface area contributed by atoms with Crippen molar-refractivity contribution in [1.82, 2.24) is 20.5 Å². The van der Waals surface area contributed by atoms with Crippen LogP contribution in [0.4, 0.5) is 13.6 Å². The van der Waals surface area contributed by atoms with Gasteiger partial charge in [-0.1, -0.05) is 0 Å². The Morgan fingerprint density at radius 3 is 2.87 bits per heavy atom. The quantitative estimate of drug-likeness (QED) is 0.760. The van der Waals surface area contributed by atoms with Gasteiger partial charge in [0.1, 0.15) is 17.5 Å². The van der Waals surface area contributed by atoms with Gasteiger partial charge in [-0.3, -0.25) is 0 Å². The summed E-state index contributed by atoms with van der Waals surface area (Å²) in [4.78, 5) is 19.4. The fourth-order valence-electron chi connectivity index (χ4n) is 4.83. The minimum Gasteiger partial charge on any atom is -0.350 e. The molecule has 1 spiro atoms. The zero-order valence-corrected chi connectivity index (χ0v) is 17.8. The van der Waals surface area contributed by atoms with Crippen molar-refractivity contribution in [2.75, 3.05) is 6.54 Å². The summed E-state index contributed by atoms with van der Waals surface area (Å²) in [6.45, 7) is 6.47. The second-order valence-corrected chi connectivity index (χ2v) is 9.55. The van der Waals surface area contributed by atoms with Crippen LogP contribution in [-0.2, 0) is 0 Å². The number of likely N-dealkylation sites (tertiary alicyclic amines) is 1. The second-order valence-electron chi connectivity index (χ2n) is 9.55. The SMILES string of the molecule is CC(C)(C)NC(=O)NC1C2C=NN3C=CC(N4CCC[C@@H]4c4cc(F)ccc4F)=NC213. The van der Waals surface area contributed by atoms with Gasteiger partial charge in [0.25, 0.3) is 0 Å². The molecule has 3 unspecified atom stereocenters. The number of hydrazone groups is 1. The lowest BCUT2D eigenvalue weighted by atomic mass is 10.0. The molecule has 2 N–H and O–H groups in total. The Hall–Kier alpha value is -2.97. The topological polar surface area (TPSA) is 72.3 Å². The van der Waals surface area contributed by atoms with Gasteiger partial charge in [0.05, 0.1) is 18.0 Å². The predicted octanol–water partition coefficient (Wildman–Crippen LogP) is 3.12. The predicted molar refractivity (Wildman–Crippen MR) is 113 cm³/mol. The summed E-state index contributed by atoms with van der Waals surface area (Å²) in [5, 5.41) is 12.1. The van der Waals surface area contributed by atoms with Gasteiger partial charge in [-0.25, -0.2) is 23.6 Å². The molecule has 3 heterocycles. The number of carbonyl (C=O) groups is 1. The number of urea groups is 1. The van der Waals surface area contributed by atoms with Crippen molar-refractivity contribution < 1.29 is 13.6 Å². The van der Waals surface area contributed by atoms with E-state index in [1.54, 1.807) is 5.01 Å². The first-order valence-electron chi connectivity index (χ1n) is 10.6. The number of rotatable bonds is 2. The Balaban J connectivity index is 1.40. The number of benzene rings is 1. The molecule has 2 amide bonds. The molecule has 4 aliphatic rings. The standard InChI is InChI=1S/C22H26F2N6O/c1-21(2,3)28-20(31)26-19-15-12-25-30-10-8-18(27-22(15,19)30)29-9-4-5-17(29)14-11-13(23)6-7-16(14)24/h6-8,10-12,15,17,19H,4-5,9H2,1-3H3,(H2,26,28,31)/t15?,17-,19?,22?/m1/s1. The number of hydrogen-bond acceptors (Lipinski definition) is 5. The highest BCUT2D eigenvalue weighted by atomic mass is 19.1. The van der Waals surface area contributed by atoms with Gasteiger partial charge >= 0.3 is 6.03 Å². The van der Waals surface area contributed by atoms with E-state index in [0.717, 1.165) is 18.9 Å². The van der Waals surface area contributed by atoms with E-state index < -0.39 is 17.3 Å². The molecule has 4 atom stereocenters. The van der Waals surface area contributed by atoms with Crippen molar-refractivity contribution in [3.8, 4) is 0 Å². The van der Waals surface area contributed by atoms with E-state index in [4.69, 9.17) is 4.99 Å². The average Bonchev–Trinajstić information content (AvgIpc) is 3.08. The minimum atomic E-state index is -0.688. The van der Waals surface area contributed by atoms with Crippen molar-refractivity contribution >= 4 is 18.1 Å². The van der Waals surface area contributed by atoms with E-state index >= 15 is 0 Å². The molecule has 0 radical (unpaired) electrons. The molecular formula is C22H26F2N6O. The van der Waals surface area contributed by atoms with Crippen LogP contribution in [-0.4, -0.2) is 51.8 Å². The number of hydrogen-bond donors (Lipinski definition) is 2. The summed E-state index contributed by atoms with van der Waals surface area (Å²) in [5.74, 6) is -0.191. The maximum absolute atomic E-state index is 14.5. The second kappa shape index (κ2) is 6.77. The summed E-state index contributed by atoms with van der Waals surface area (Å²) in [6, 6.07) is 2.85. The third kappa shape index (κ3) is 3.26. The largest absolute Gasteiger partial charge is 0.350 e. The zero-order valence-electron chi connectivity index (χ0n) is 17.8. The van der Waals surface area contributed by atoms with E-state index in [1.165, 1.54) is 12.1 Å². The number of carbonyl (C=O) groups excluding carboxylic acids is 1. The van der Waals surface area contributed by atoms with Crippen LogP contribution in [0.3, 0.4) is 0 Å². The van der Waals surface area contributed by atoms with Crippen molar-refractivity contribution in [2.24, 2.45) is 16.0 Å². The fraction of sp³-hybridized carbons (Fsp3) is 0.500. The van der Waals surface area contributed by atoms with Crippen molar-refractivity contribution in [2.45, 2.75) is 56.9 Å². The first-order valence-corrected chi connectivity index (χ1v) is 10.6. The number of amides is 2. The fourth-order valence-corrected chi connectivity index (χ4v) is 4.83. The van der Waals surface area contributed by atoms with Gasteiger partial charge in [-0.15, -0.1) is 0 Å². The first-order chi connectivity index (χ1) is 14.7. The molecule has 5 rings (SSSR count). The normalized spacial score (nSPS) is 30.7. The van der Waals surface area contributed by atoms with Crippen LogP contribution < -0.4 is 10.6 Å². The molecule has 1 aromatic rings. The first kappa shape index (κ1) is 20.0. The lowest BCUT2D eigenvalue weighted by Crippen LogP contribution is -2.50. The summed E-state index contributed by atoms with van der Waals surface area (Å²) in [6.07, 6.45) is 7.09. The zero-order chi connectivity index (χ0) is 22.0. The van der Waals surface area contributed by atoms with Crippen LogP contribution in [0.15, 0.2) is 40.6 Å². The van der Waals surface area contributed by atoms with Crippen LogP contribution >= 0.6 is 0 Å². The molecular weight excluding hydrogens is 402 g/mol. The molecule has 1 aliphatic carbocycles. The summed E-state index contributed by atoms with van der Waals surface area (Å²) >= 11 is 0. The minimum absolute atomic E-state index is 0.0369. The number of nitrogens with one attached hydrogen (secondary N) is 2. The lowest BCUT2D eigenvalue weighted by Gasteiger charge is -2.33. The Labute approximate surface area is 179 Å². The van der Waals surface area contributed by atoms with Gasteiger partial charge < -0.3 is 15.5 Å². The highest BCUT2D eigenvalue weighted by Crippen LogP contribution is 2.54. The Kier molecular flexibility index (Phi) is 4.36. The molecule has 9 heteroatoms. The monoisotopic (exact) mass is 428 g/mol. The molecule has 1 saturated carbocycles. The molecule has 1 aromatic carbocycles. The van der Waals surface area contributed by atoms with Crippen LogP contribution in [0.5, 0.6) is 0 Å². The summed E-state index contributed by atoms with van der Waals surface area (Å²) < 4.78 is 28.3. The number of halogens is 2. The third-order valence-electron chi connectivity index (χ3n) is 6.21. The molecule has 0 bridgehead atoms. The van der Waals surface area contributed by atoms with E-state index in [2.05, 4.69) is 15.7 Å². The van der Waals surface area contributed by atoms with Crippen LogP contribution in [0, 0.1) is 17.6 Å². The Morgan fingerprint density at radius 2 is 2.10 bits per heavy atom. The average molecular weight is 428 g/mol. The molecule has 2 fully saturated rings. The van der Waals surface area contributed by atoms with E-state index in [9.17, 15) is 13.6 Å². The number of nitrogens with zero attached hydrogens (tertiary/aromatic N) is 4. The molecule has 164 valence electrons. The lowest BCUT2D eigenvalue weighted by molar-refractivity contribution is 0.222. The van der Waals surface area contributed by atoms with Crippen molar-refractivity contribution in [3.63, 3.8) is 0 Å². The van der Waals surface area contributed by atoms with E-state index in [-0.39, 0.29) is 29.6 Å². The smallest absolute Gasteiger partial charge is 0.315 e. The van der Waals surface area contributed by atoms with Crippen molar-refractivity contribution in [1.29, 1.82) is 0 Å². The molecule has 0 aromatic heterocycles. The van der Waals surface area contributed by atoms with Crippen molar-refractivity contribution in [3.05, 3.63) is 47.7 Å². The van der Waals surface area contributed by atoms with Crippen LogP contribution in [0.25, 0.3) is 0 Å². The Morgan fingerprint density at radius 1 is 1.29 bits per heavy atom. The van der Waals surface area contributed by atoms with Gasteiger partial charge in [-0.05, 0) is 57.9 Å². The molecule has 1 saturated heterocycles. The molecule has 31 heavy (non-hydrogen) atoms. The van der Waals surface area contributed by atoms with Crippen LogP contribution in [0.1, 0.15) is 45.2 Å². The molecule has 3 aliphatic heterocycles. The highest BCUT2D eigenvalue weighted by Gasteiger charge is 2.73. The van der Waals surface area contributed by atoms with Crippen LogP contribution in [0.2, 0.25) is 0 Å². The maximum Gasteiger partial charge on any atom is 0.315 e. The number of amidine groups is 1. The van der Waals surface area contributed by atoms with E-state index in [1.807, 2.05) is 44.2 Å². The summed E-state index contributed by atoms with van der Waals surface area (Å²) in [7, 11) is 0. The highest BCUT2D eigenvalue weighted by molar-refractivity contribution is 5.96. The van der Waals surface area contributed by atoms with Gasteiger partial charge in [0.15, 0.2) is 5.66 Å². The van der Waals surface area contributed by atoms with Gasteiger partial charge in [0, 0.05) is 30.1 Å². The summed E-state index contributed by atoms with van der Waals surface area (Å²) in [5.41, 5.74) is -0.687. The molecule has 7 nitrogen and oxygen atoms in total. The van der Waals surface area contributed by atoms with Gasteiger partial charge in [0.2, 0.25) is 0 Å². The Bertz CT molecular complexity index is 1020. The van der Waals surface area contributed by atoms with E-state index in [0.29, 0.717) is 17.9 Å². The number of aliphatic imine (C=N–C) groups is 1. The third-order valence-corrected chi connectivity index (χ3v) is 6.21. The van der Waals surface area contributed by atoms with Gasteiger partial charge in [-0.2, -0.15) is 5.10 Å².